The topological polar surface area (TPSA) is 12.9 Å². The van der Waals surface area contributed by atoms with Crippen LogP contribution in [-0.4, -0.2) is 4.98 Å². The zero-order valence-electron chi connectivity index (χ0n) is 7.82. The number of pyridine rings is 1. The Labute approximate surface area is 86.0 Å². The van der Waals surface area contributed by atoms with E-state index in [-0.39, 0.29) is 0 Å². The second-order valence-corrected chi connectivity index (χ2v) is 4.30. The highest BCUT2D eigenvalue weighted by Gasteiger charge is 2.04. The molecular weight excluding hydrogens is 190 g/mol. The second kappa shape index (κ2) is 2.79. The van der Waals surface area contributed by atoms with Crippen LogP contribution in [0.3, 0.4) is 0 Å². The third-order valence-electron chi connectivity index (χ3n) is 2.51. The first-order chi connectivity index (χ1) is 6.86. The molecular formula is C12H9NS. The van der Waals surface area contributed by atoms with E-state index in [1.807, 2.05) is 6.20 Å². The minimum Gasteiger partial charge on any atom is -0.245 e. The van der Waals surface area contributed by atoms with Crippen LogP contribution < -0.4 is 0 Å². The van der Waals surface area contributed by atoms with Crippen molar-refractivity contribution in [2.45, 2.75) is 6.92 Å². The number of hydrogen-bond donors (Lipinski definition) is 0. The highest BCUT2D eigenvalue weighted by molar-refractivity contribution is 7.17. The smallest absolute Gasteiger partial charge is 0.124 e. The molecule has 0 saturated heterocycles. The molecule has 68 valence electrons. The van der Waals surface area contributed by atoms with E-state index in [4.69, 9.17) is 0 Å². The first kappa shape index (κ1) is 7.94. The van der Waals surface area contributed by atoms with Crippen LogP contribution in [0, 0.1) is 6.92 Å². The molecule has 0 bridgehead atoms. The standard InChI is InChI=1S/C12H9NS/c1-8-7-14-12-11(8)10-5-3-2-4-9(10)6-13-12/h2-7H,1H3. The van der Waals surface area contributed by atoms with Crippen molar-refractivity contribution in [1.82, 2.24) is 4.98 Å². The minimum atomic E-state index is 1.14. The summed E-state index contributed by atoms with van der Waals surface area (Å²) in [7, 11) is 0. The lowest BCUT2D eigenvalue weighted by Crippen LogP contribution is -1.78. The Morgan fingerprint density at radius 1 is 1.21 bits per heavy atom. The molecule has 0 atom stereocenters. The van der Waals surface area contributed by atoms with Gasteiger partial charge in [-0.1, -0.05) is 24.3 Å². The van der Waals surface area contributed by atoms with Gasteiger partial charge in [0.2, 0.25) is 0 Å². The SMILES string of the molecule is Cc1csc2ncc3ccccc3c12. The maximum atomic E-state index is 4.45. The van der Waals surface area contributed by atoms with Crippen molar-refractivity contribution < 1.29 is 0 Å². The second-order valence-electron chi connectivity index (χ2n) is 3.44. The third-order valence-corrected chi connectivity index (χ3v) is 3.51. The van der Waals surface area contributed by atoms with Crippen LogP contribution in [0.2, 0.25) is 0 Å². The van der Waals surface area contributed by atoms with Crippen LogP contribution in [0.25, 0.3) is 21.0 Å². The lowest BCUT2D eigenvalue weighted by atomic mass is 10.1. The van der Waals surface area contributed by atoms with Crippen LogP contribution in [0.15, 0.2) is 35.8 Å². The van der Waals surface area contributed by atoms with Gasteiger partial charge < -0.3 is 0 Å². The number of thiophene rings is 1. The Kier molecular flexibility index (Phi) is 1.58. The normalized spacial score (nSPS) is 11.2. The van der Waals surface area contributed by atoms with E-state index in [1.54, 1.807) is 11.3 Å². The Hall–Kier alpha value is -1.41. The largest absolute Gasteiger partial charge is 0.245 e. The first-order valence-corrected chi connectivity index (χ1v) is 5.46. The molecule has 0 N–H and O–H groups in total. The molecule has 0 fully saturated rings. The van der Waals surface area contributed by atoms with E-state index in [0.29, 0.717) is 0 Å². The molecule has 1 nitrogen and oxygen atoms in total. The van der Waals surface area contributed by atoms with Gasteiger partial charge in [-0.3, -0.25) is 0 Å². The van der Waals surface area contributed by atoms with Gasteiger partial charge in [-0.25, -0.2) is 4.98 Å². The summed E-state index contributed by atoms with van der Waals surface area (Å²) < 4.78 is 0. The Bertz CT molecular complexity index is 610. The van der Waals surface area contributed by atoms with Crippen molar-refractivity contribution in [1.29, 1.82) is 0 Å². The molecule has 14 heavy (non-hydrogen) atoms. The maximum absolute atomic E-state index is 4.45. The summed E-state index contributed by atoms with van der Waals surface area (Å²) in [6, 6.07) is 8.41. The van der Waals surface area contributed by atoms with Gasteiger partial charge in [0, 0.05) is 17.0 Å². The molecule has 0 aliphatic rings. The molecule has 0 spiro atoms. The molecule has 0 aliphatic carbocycles. The van der Waals surface area contributed by atoms with E-state index in [2.05, 4.69) is 41.6 Å². The zero-order valence-corrected chi connectivity index (χ0v) is 8.64. The Morgan fingerprint density at radius 2 is 2.07 bits per heavy atom. The van der Waals surface area contributed by atoms with E-state index in [0.717, 1.165) is 4.83 Å². The number of benzene rings is 1. The van der Waals surface area contributed by atoms with E-state index >= 15 is 0 Å². The Balaban J connectivity index is 2.65. The number of hydrogen-bond acceptors (Lipinski definition) is 2. The predicted octanol–water partition coefficient (Wildman–Crippen LogP) is 3.76. The lowest BCUT2D eigenvalue weighted by Gasteiger charge is -1.99. The predicted molar refractivity (Wildman–Crippen MR) is 61.9 cm³/mol. The van der Waals surface area contributed by atoms with Crippen LogP contribution in [-0.2, 0) is 0 Å². The third kappa shape index (κ3) is 0.976. The molecule has 0 saturated carbocycles. The summed E-state index contributed by atoms with van der Waals surface area (Å²) in [5, 5.41) is 6.02. The average Bonchev–Trinajstić information content (AvgIpc) is 2.61. The van der Waals surface area contributed by atoms with Gasteiger partial charge in [-0.15, -0.1) is 11.3 Å². The Morgan fingerprint density at radius 3 is 3.00 bits per heavy atom. The fourth-order valence-electron chi connectivity index (χ4n) is 1.82. The van der Waals surface area contributed by atoms with Crippen molar-refractivity contribution in [2.75, 3.05) is 0 Å². The fraction of sp³-hybridized carbons (Fsp3) is 0.0833. The summed E-state index contributed by atoms with van der Waals surface area (Å²) in [4.78, 5) is 5.59. The van der Waals surface area contributed by atoms with Crippen LogP contribution in [0.1, 0.15) is 5.56 Å². The zero-order chi connectivity index (χ0) is 9.54. The van der Waals surface area contributed by atoms with Gasteiger partial charge in [0.1, 0.15) is 4.83 Å². The minimum absolute atomic E-state index is 1.14. The van der Waals surface area contributed by atoms with Crippen LogP contribution in [0.4, 0.5) is 0 Å². The summed E-state index contributed by atoms with van der Waals surface area (Å²) in [6.45, 7) is 2.15. The van der Waals surface area contributed by atoms with E-state index in [9.17, 15) is 0 Å². The lowest BCUT2D eigenvalue weighted by molar-refractivity contribution is 1.47. The number of rotatable bonds is 0. The molecule has 0 aliphatic heterocycles. The highest BCUT2D eigenvalue weighted by Crippen LogP contribution is 2.30. The first-order valence-electron chi connectivity index (χ1n) is 4.58. The van der Waals surface area contributed by atoms with Gasteiger partial charge in [-0.2, -0.15) is 0 Å². The van der Waals surface area contributed by atoms with Gasteiger partial charge in [0.25, 0.3) is 0 Å². The highest BCUT2D eigenvalue weighted by atomic mass is 32.1. The summed E-state index contributed by atoms with van der Waals surface area (Å²) >= 11 is 1.72. The number of aromatic nitrogens is 1. The van der Waals surface area contributed by atoms with E-state index < -0.39 is 0 Å². The molecule has 0 unspecified atom stereocenters. The maximum Gasteiger partial charge on any atom is 0.124 e. The van der Waals surface area contributed by atoms with Crippen molar-refractivity contribution in [2.24, 2.45) is 0 Å². The molecule has 0 amide bonds. The molecule has 2 heteroatoms. The van der Waals surface area contributed by atoms with Crippen molar-refractivity contribution in [3.63, 3.8) is 0 Å². The summed E-state index contributed by atoms with van der Waals surface area (Å²) in [6.07, 6.45) is 1.95. The molecule has 0 radical (unpaired) electrons. The number of nitrogens with zero attached hydrogens (tertiary/aromatic N) is 1. The van der Waals surface area contributed by atoms with Gasteiger partial charge in [0.15, 0.2) is 0 Å². The van der Waals surface area contributed by atoms with Crippen molar-refractivity contribution in [3.8, 4) is 0 Å². The quantitative estimate of drug-likeness (QED) is 0.537. The van der Waals surface area contributed by atoms with Crippen LogP contribution in [0.5, 0.6) is 0 Å². The molecule has 2 heterocycles. The van der Waals surface area contributed by atoms with Gasteiger partial charge in [0.05, 0.1) is 0 Å². The van der Waals surface area contributed by atoms with Gasteiger partial charge >= 0.3 is 0 Å². The number of fused-ring (bicyclic) bond motifs is 3. The molecule has 3 rings (SSSR count). The number of aryl methyl sites for hydroxylation is 1. The van der Waals surface area contributed by atoms with Crippen molar-refractivity contribution in [3.05, 3.63) is 41.4 Å². The fourth-order valence-corrected chi connectivity index (χ4v) is 2.73. The molecule has 1 aromatic carbocycles. The monoisotopic (exact) mass is 199 g/mol. The molecule has 3 aromatic rings. The summed E-state index contributed by atoms with van der Waals surface area (Å²) in [5.41, 5.74) is 1.33. The average molecular weight is 199 g/mol. The van der Waals surface area contributed by atoms with Crippen LogP contribution >= 0.6 is 11.3 Å². The van der Waals surface area contributed by atoms with E-state index in [1.165, 1.54) is 21.7 Å². The van der Waals surface area contributed by atoms with Gasteiger partial charge in [-0.05, 0) is 23.3 Å². The summed E-state index contributed by atoms with van der Waals surface area (Å²) in [5.74, 6) is 0. The van der Waals surface area contributed by atoms with Crippen molar-refractivity contribution >= 4 is 32.3 Å². The molecule has 2 aromatic heterocycles.